The molecule has 19 heavy (non-hydrogen) atoms. The van der Waals surface area contributed by atoms with Crippen molar-refractivity contribution in [3.05, 3.63) is 28.3 Å². The summed E-state index contributed by atoms with van der Waals surface area (Å²) in [6, 6.07) is 3.85. The molecule has 2 unspecified atom stereocenters. The Bertz CT molecular complexity index is 434. The number of methoxy groups -OCH3 is 1. The smallest absolute Gasteiger partial charge is 0.126 e. The van der Waals surface area contributed by atoms with E-state index >= 15 is 0 Å². The van der Waals surface area contributed by atoms with Crippen molar-refractivity contribution in [2.24, 2.45) is 5.92 Å². The fourth-order valence-corrected chi connectivity index (χ4v) is 2.92. The standard InChI is InChI=1S/C15H21ClO3/c1-10(9-18-2)5-14(17)8-12-7-13(16)6-11-3-4-19-15(11)12/h6-7,10,14,17H,3-5,8-9H2,1-2H3. The molecule has 0 saturated carbocycles. The molecule has 0 aromatic heterocycles. The predicted molar refractivity (Wildman–Crippen MR) is 76.0 cm³/mol. The van der Waals surface area contributed by atoms with Crippen LogP contribution in [0.1, 0.15) is 24.5 Å². The summed E-state index contributed by atoms with van der Waals surface area (Å²) in [5.74, 6) is 1.26. The normalized spacial score (nSPS) is 16.8. The maximum absolute atomic E-state index is 10.2. The Balaban J connectivity index is 2.03. The number of aliphatic hydroxyl groups excluding tert-OH is 1. The van der Waals surface area contributed by atoms with E-state index in [1.165, 1.54) is 0 Å². The summed E-state index contributed by atoms with van der Waals surface area (Å²) in [5, 5.41) is 10.9. The van der Waals surface area contributed by atoms with E-state index in [1.807, 2.05) is 12.1 Å². The second kappa shape index (κ2) is 6.60. The van der Waals surface area contributed by atoms with Gasteiger partial charge in [0.2, 0.25) is 0 Å². The molecule has 0 spiro atoms. The van der Waals surface area contributed by atoms with Gasteiger partial charge in [0.1, 0.15) is 5.75 Å². The molecule has 2 atom stereocenters. The van der Waals surface area contributed by atoms with Crippen LogP contribution in [0.4, 0.5) is 0 Å². The number of rotatable bonds is 6. The number of halogens is 1. The highest BCUT2D eigenvalue weighted by Gasteiger charge is 2.20. The van der Waals surface area contributed by atoms with Gasteiger partial charge in [-0.2, -0.15) is 0 Å². The molecule has 0 amide bonds. The van der Waals surface area contributed by atoms with Gasteiger partial charge in [0, 0.05) is 31.6 Å². The molecule has 0 saturated heterocycles. The van der Waals surface area contributed by atoms with Crippen molar-refractivity contribution in [1.82, 2.24) is 0 Å². The number of fused-ring (bicyclic) bond motifs is 1. The minimum atomic E-state index is -0.392. The maximum atomic E-state index is 10.2. The molecule has 0 radical (unpaired) electrons. The first-order chi connectivity index (χ1) is 9.10. The fraction of sp³-hybridized carbons (Fsp3) is 0.600. The van der Waals surface area contributed by atoms with Gasteiger partial charge in [-0.1, -0.05) is 18.5 Å². The Kier molecular flexibility index (Phi) is 5.08. The van der Waals surface area contributed by atoms with E-state index in [4.69, 9.17) is 21.1 Å². The molecule has 1 aliphatic rings. The third-order valence-electron chi connectivity index (χ3n) is 3.41. The van der Waals surface area contributed by atoms with Crippen LogP contribution in [0.3, 0.4) is 0 Å². The minimum absolute atomic E-state index is 0.341. The summed E-state index contributed by atoms with van der Waals surface area (Å²) >= 11 is 6.11. The van der Waals surface area contributed by atoms with Crippen molar-refractivity contribution in [1.29, 1.82) is 0 Å². The monoisotopic (exact) mass is 284 g/mol. The third kappa shape index (κ3) is 3.85. The SMILES string of the molecule is COCC(C)CC(O)Cc1cc(Cl)cc2c1OCC2. The lowest BCUT2D eigenvalue weighted by molar-refractivity contribution is 0.101. The molecule has 1 aliphatic heterocycles. The van der Waals surface area contributed by atoms with Crippen LogP contribution in [0.15, 0.2) is 12.1 Å². The van der Waals surface area contributed by atoms with Crippen molar-refractivity contribution in [3.63, 3.8) is 0 Å². The van der Waals surface area contributed by atoms with Crippen LogP contribution in [-0.4, -0.2) is 31.5 Å². The number of hydrogen-bond donors (Lipinski definition) is 1. The van der Waals surface area contributed by atoms with Gasteiger partial charge in [-0.05, 0) is 35.6 Å². The van der Waals surface area contributed by atoms with Gasteiger partial charge in [-0.15, -0.1) is 0 Å². The van der Waals surface area contributed by atoms with Crippen molar-refractivity contribution in [3.8, 4) is 5.75 Å². The molecule has 1 heterocycles. The van der Waals surface area contributed by atoms with Crippen molar-refractivity contribution in [2.45, 2.75) is 32.3 Å². The molecule has 106 valence electrons. The van der Waals surface area contributed by atoms with Gasteiger partial charge in [-0.3, -0.25) is 0 Å². The Labute approximate surface area is 119 Å². The first kappa shape index (κ1) is 14.6. The summed E-state index contributed by atoms with van der Waals surface area (Å²) in [6.07, 6.45) is 1.81. The van der Waals surface area contributed by atoms with Crippen molar-refractivity contribution < 1.29 is 14.6 Å². The Hall–Kier alpha value is -0.770. The van der Waals surface area contributed by atoms with E-state index in [0.717, 1.165) is 34.7 Å². The van der Waals surface area contributed by atoms with Crippen LogP contribution in [0.5, 0.6) is 5.75 Å². The number of benzene rings is 1. The molecular weight excluding hydrogens is 264 g/mol. The van der Waals surface area contributed by atoms with Gasteiger partial charge >= 0.3 is 0 Å². The zero-order chi connectivity index (χ0) is 13.8. The second-order valence-electron chi connectivity index (χ2n) is 5.31. The van der Waals surface area contributed by atoms with E-state index in [1.54, 1.807) is 7.11 Å². The van der Waals surface area contributed by atoms with Gasteiger partial charge in [0.15, 0.2) is 0 Å². The lowest BCUT2D eigenvalue weighted by Crippen LogP contribution is -2.17. The average molecular weight is 285 g/mol. The van der Waals surface area contributed by atoms with E-state index in [9.17, 15) is 5.11 Å². The van der Waals surface area contributed by atoms with Crippen LogP contribution in [-0.2, 0) is 17.6 Å². The van der Waals surface area contributed by atoms with Gasteiger partial charge < -0.3 is 14.6 Å². The van der Waals surface area contributed by atoms with Crippen LogP contribution in [0, 0.1) is 5.92 Å². The largest absolute Gasteiger partial charge is 0.493 e. The summed E-state index contributed by atoms with van der Waals surface area (Å²) in [4.78, 5) is 0. The van der Waals surface area contributed by atoms with E-state index in [-0.39, 0.29) is 0 Å². The number of hydrogen-bond acceptors (Lipinski definition) is 3. The van der Waals surface area contributed by atoms with E-state index in [2.05, 4.69) is 6.92 Å². The van der Waals surface area contributed by atoms with Crippen LogP contribution in [0.25, 0.3) is 0 Å². The van der Waals surface area contributed by atoms with Crippen LogP contribution in [0.2, 0.25) is 5.02 Å². The maximum Gasteiger partial charge on any atom is 0.126 e. The van der Waals surface area contributed by atoms with Gasteiger partial charge in [0.05, 0.1) is 12.7 Å². The summed E-state index contributed by atoms with van der Waals surface area (Å²) in [5.41, 5.74) is 2.16. The molecule has 1 N–H and O–H groups in total. The van der Waals surface area contributed by atoms with E-state index in [0.29, 0.717) is 25.6 Å². The summed E-state index contributed by atoms with van der Waals surface area (Å²) < 4.78 is 10.7. The quantitative estimate of drug-likeness (QED) is 0.873. The first-order valence-electron chi connectivity index (χ1n) is 6.71. The first-order valence-corrected chi connectivity index (χ1v) is 7.09. The molecule has 2 rings (SSSR count). The molecule has 0 fully saturated rings. The summed E-state index contributed by atoms with van der Waals surface area (Å²) in [7, 11) is 1.68. The van der Waals surface area contributed by atoms with Crippen LogP contribution < -0.4 is 4.74 Å². The Morgan fingerprint density at radius 1 is 1.47 bits per heavy atom. The second-order valence-corrected chi connectivity index (χ2v) is 5.74. The molecule has 1 aromatic rings. The Morgan fingerprint density at radius 2 is 2.26 bits per heavy atom. The molecule has 0 aliphatic carbocycles. The highest BCUT2D eigenvalue weighted by atomic mass is 35.5. The fourth-order valence-electron chi connectivity index (χ4n) is 2.65. The van der Waals surface area contributed by atoms with Crippen molar-refractivity contribution in [2.75, 3.05) is 20.3 Å². The van der Waals surface area contributed by atoms with Gasteiger partial charge in [-0.25, -0.2) is 0 Å². The lowest BCUT2D eigenvalue weighted by atomic mass is 9.97. The van der Waals surface area contributed by atoms with Crippen LogP contribution >= 0.6 is 11.6 Å². The Morgan fingerprint density at radius 3 is 3.00 bits per heavy atom. The number of ether oxygens (including phenoxy) is 2. The van der Waals surface area contributed by atoms with Crippen molar-refractivity contribution >= 4 is 11.6 Å². The van der Waals surface area contributed by atoms with Gasteiger partial charge in [0.25, 0.3) is 0 Å². The molecular formula is C15H21ClO3. The minimum Gasteiger partial charge on any atom is -0.493 e. The summed E-state index contributed by atoms with van der Waals surface area (Å²) in [6.45, 7) is 3.45. The number of aliphatic hydroxyl groups is 1. The molecule has 0 bridgehead atoms. The predicted octanol–water partition coefficient (Wildman–Crippen LogP) is 2.85. The highest BCUT2D eigenvalue weighted by molar-refractivity contribution is 6.30. The highest BCUT2D eigenvalue weighted by Crippen LogP contribution is 2.34. The lowest BCUT2D eigenvalue weighted by Gasteiger charge is -2.17. The topological polar surface area (TPSA) is 38.7 Å². The third-order valence-corrected chi connectivity index (χ3v) is 3.62. The molecule has 3 nitrogen and oxygen atoms in total. The van der Waals surface area contributed by atoms with E-state index < -0.39 is 6.10 Å². The molecule has 1 aromatic carbocycles. The molecule has 4 heteroatoms. The average Bonchev–Trinajstić information content (AvgIpc) is 2.76. The zero-order valence-electron chi connectivity index (χ0n) is 11.5. The zero-order valence-corrected chi connectivity index (χ0v) is 12.2.